The second kappa shape index (κ2) is 5.73. The number of ether oxygens (including phenoxy) is 1. The van der Waals surface area contributed by atoms with Crippen molar-refractivity contribution in [1.82, 2.24) is 28.9 Å². The maximum Gasteiger partial charge on any atom is 0.329 e. The minimum absolute atomic E-state index is 0.0224. The molecule has 1 N–H and O–H groups in total. The first kappa shape index (κ1) is 15.2. The highest BCUT2D eigenvalue weighted by Gasteiger charge is 2.22. The quantitative estimate of drug-likeness (QED) is 0.594. The van der Waals surface area contributed by atoms with Crippen LogP contribution >= 0.6 is 0 Å². The Morgan fingerprint density at radius 3 is 2.88 bits per heavy atom. The first-order chi connectivity index (χ1) is 12.7. The molecule has 0 atom stereocenters. The molecule has 0 saturated carbocycles. The molecular weight excluding hydrogens is 339 g/mol. The highest BCUT2D eigenvalue weighted by molar-refractivity contribution is 5.70. The summed E-state index contributed by atoms with van der Waals surface area (Å²) in [5.41, 5.74) is 2.44. The Labute approximate surface area is 146 Å². The third-order valence-electron chi connectivity index (χ3n) is 4.71. The number of fused-ring (bicyclic) bond motifs is 2. The number of nitrogens with one attached hydrogen (secondary N) is 1. The van der Waals surface area contributed by atoms with E-state index in [0.717, 1.165) is 12.8 Å². The molecule has 0 aliphatic carbocycles. The van der Waals surface area contributed by atoms with Crippen LogP contribution in [0.5, 0.6) is 0 Å². The second-order valence-electron chi connectivity index (χ2n) is 6.29. The second-order valence-corrected chi connectivity index (χ2v) is 6.29. The fourth-order valence-electron chi connectivity index (χ4n) is 3.44. The van der Waals surface area contributed by atoms with E-state index in [-0.39, 0.29) is 17.5 Å². The zero-order valence-electron chi connectivity index (χ0n) is 13.7. The molecule has 1 saturated heterocycles. The third kappa shape index (κ3) is 2.31. The van der Waals surface area contributed by atoms with Gasteiger partial charge >= 0.3 is 5.69 Å². The first-order valence-electron chi connectivity index (χ1n) is 8.39. The van der Waals surface area contributed by atoms with E-state index in [9.17, 15) is 9.18 Å². The summed E-state index contributed by atoms with van der Waals surface area (Å²) in [5.74, 6) is -0.369. The number of rotatable bonds is 2. The van der Waals surface area contributed by atoms with Gasteiger partial charge in [0.05, 0.1) is 18.1 Å². The van der Waals surface area contributed by atoms with Crippen molar-refractivity contribution in [3.63, 3.8) is 0 Å². The standard InChI is InChI=1S/C17H15FN6O2/c18-10-1-2-14-19-8-13(23(14)9-10)12-7-20-15-16(21-12)24(17(25)22-15)11-3-5-26-6-4-11/h1-2,7-9,11H,3-6H2,(H,20,22,25). The summed E-state index contributed by atoms with van der Waals surface area (Å²) in [6, 6.07) is 2.98. The molecule has 9 heteroatoms. The fraction of sp³-hybridized carbons (Fsp3) is 0.294. The average Bonchev–Trinajstić information content (AvgIpc) is 3.21. The molecule has 0 bridgehead atoms. The zero-order chi connectivity index (χ0) is 17.7. The first-order valence-corrected chi connectivity index (χ1v) is 8.39. The summed E-state index contributed by atoms with van der Waals surface area (Å²) in [6.45, 7) is 1.23. The molecule has 5 rings (SSSR count). The number of nitrogens with zero attached hydrogens (tertiary/aromatic N) is 5. The normalized spacial score (nSPS) is 15.9. The Balaban J connectivity index is 1.69. The maximum absolute atomic E-state index is 13.6. The number of imidazole rings is 2. The van der Waals surface area contributed by atoms with Crippen LogP contribution in [0.3, 0.4) is 0 Å². The predicted octanol–water partition coefficient (Wildman–Crippen LogP) is 1.92. The lowest BCUT2D eigenvalue weighted by molar-refractivity contribution is 0.0697. The molecule has 8 nitrogen and oxygen atoms in total. The Morgan fingerprint density at radius 1 is 1.19 bits per heavy atom. The molecule has 1 aliphatic heterocycles. The van der Waals surface area contributed by atoms with Crippen molar-refractivity contribution >= 4 is 16.9 Å². The topological polar surface area (TPSA) is 90.1 Å². The van der Waals surface area contributed by atoms with Gasteiger partial charge in [-0.1, -0.05) is 0 Å². The van der Waals surface area contributed by atoms with Crippen molar-refractivity contribution < 1.29 is 9.13 Å². The number of hydrogen-bond donors (Lipinski definition) is 1. The van der Waals surface area contributed by atoms with E-state index < -0.39 is 0 Å². The van der Waals surface area contributed by atoms with Gasteiger partial charge in [-0.15, -0.1) is 0 Å². The van der Waals surface area contributed by atoms with Gasteiger partial charge in [0.2, 0.25) is 0 Å². The Kier molecular flexibility index (Phi) is 3.35. The van der Waals surface area contributed by atoms with Crippen LogP contribution in [0.2, 0.25) is 0 Å². The number of halogens is 1. The summed E-state index contributed by atoms with van der Waals surface area (Å²) < 4.78 is 22.3. The number of hydrogen-bond acceptors (Lipinski definition) is 5. The Hall–Kier alpha value is -3.07. The number of H-pyrrole nitrogens is 1. The molecule has 1 fully saturated rings. The summed E-state index contributed by atoms with van der Waals surface area (Å²) in [4.78, 5) is 28.4. The van der Waals surface area contributed by atoms with Crippen LogP contribution in [0.15, 0.2) is 35.5 Å². The van der Waals surface area contributed by atoms with E-state index in [1.54, 1.807) is 27.4 Å². The monoisotopic (exact) mass is 354 g/mol. The van der Waals surface area contributed by atoms with E-state index in [1.807, 2.05) is 0 Å². The molecule has 0 radical (unpaired) electrons. The van der Waals surface area contributed by atoms with Gasteiger partial charge < -0.3 is 4.74 Å². The van der Waals surface area contributed by atoms with Gasteiger partial charge in [-0.2, -0.15) is 0 Å². The number of aromatic nitrogens is 6. The lowest BCUT2D eigenvalue weighted by atomic mass is 10.1. The minimum atomic E-state index is -0.369. The zero-order valence-corrected chi connectivity index (χ0v) is 13.7. The lowest BCUT2D eigenvalue weighted by Gasteiger charge is -2.22. The van der Waals surface area contributed by atoms with Crippen LogP contribution < -0.4 is 5.69 Å². The molecule has 26 heavy (non-hydrogen) atoms. The molecule has 0 spiro atoms. The van der Waals surface area contributed by atoms with Crippen LogP contribution in [0, 0.1) is 5.82 Å². The van der Waals surface area contributed by atoms with Crippen molar-refractivity contribution in [1.29, 1.82) is 0 Å². The molecule has 132 valence electrons. The molecule has 4 aromatic heterocycles. The SMILES string of the molecule is O=c1[nH]c2ncc(-c3cnc4ccc(F)cn34)nc2n1C1CCOCC1. The van der Waals surface area contributed by atoms with Crippen molar-refractivity contribution in [3.8, 4) is 11.4 Å². The smallest absolute Gasteiger partial charge is 0.329 e. The number of aromatic amines is 1. The van der Waals surface area contributed by atoms with Crippen LogP contribution in [0.1, 0.15) is 18.9 Å². The maximum atomic E-state index is 13.6. The van der Waals surface area contributed by atoms with Crippen LogP contribution in [0.4, 0.5) is 4.39 Å². The summed E-state index contributed by atoms with van der Waals surface area (Å²) in [5, 5.41) is 0. The lowest BCUT2D eigenvalue weighted by Crippen LogP contribution is -2.27. The van der Waals surface area contributed by atoms with Gasteiger partial charge in [-0.05, 0) is 25.0 Å². The summed E-state index contributed by atoms with van der Waals surface area (Å²) in [6.07, 6.45) is 6.03. The van der Waals surface area contributed by atoms with Crippen molar-refractivity contribution in [2.75, 3.05) is 13.2 Å². The van der Waals surface area contributed by atoms with Crippen molar-refractivity contribution in [2.24, 2.45) is 0 Å². The van der Waals surface area contributed by atoms with Crippen LogP contribution in [-0.4, -0.2) is 42.1 Å². The van der Waals surface area contributed by atoms with Crippen LogP contribution in [-0.2, 0) is 4.74 Å². The van der Waals surface area contributed by atoms with Gasteiger partial charge in [0, 0.05) is 25.5 Å². The third-order valence-corrected chi connectivity index (χ3v) is 4.71. The van der Waals surface area contributed by atoms with E-state index in [2.05, 4.69) is 19.9 Å². The highest BCUT2D eigenvalue weighted by atomic mass is 19.1. The molecular formula is C17H15FN6O2. The molecule has 0 amide bonds. The molecule has 4 aromatic rings. The highest BCUT2D eigenvalue weighted by Crippen LogP contribution is 2.24. The molecule has 0 unspecified atom stereocenters. The summed E-state index contributed by atoms with van der Waals surface area (Å²) >= 11 is 0. The summed E-state index contributed by atoms with van der Waals surface area (Å²) in [7, 11) is 0. The van der Waals surface area contributed by atoms with E-state index in [1.165, 1.54) is 12.3 Å². The van der Waals surface area contributed by atoms with Crippen LogP contribution in [0.25, 0.3) is 28.3 Å². The number of pyridine rings is 1. The van der Waals surface area contributed by atoms with E-state index in [0.29, 0.717) is 41.5 Å². The van der Waals surface area contributed by atoms with E-state index >= 15 is 0 Å². The van der Waals surface area contributed by atoms with E-state index in [4.69, 9.17) is 4.74 Å². The van der Waals surface area contributed by atoms with Gasteiger partial charge in [0.25, 0.3) is 0 Å². The van der Waals surface area contributed by atoms with Crippen molar-refractivity contribution in [3.05, 3.63) is 47.0 Å². The van der Waals surface area contributed by atoms with Gasteiger partial charge in [-0.3, -0.25) is 14.0 Å². The Bertz CT molecular complexity index is 1170. The molecule has 0 aromatic carbocycles. The largest absolute Gasteiger partial charge is 0.381 e. The van der Waals surface area contributed by atoms with Gasteiger partial charge in [0.1, 0.15) is 17.2 Å². The van der Waals surface area contributed by atoms with Gasteiger partial charge in [0.15, 0.2) is 11.3 Å². The van der Waals surface area contributed by atoms with Gasteiger partial charge in [-0.25, -0.2) is 24.1 Å². The predicted molar refractivity (Wildman–Crippen MR) is 91.4 cm³/mol. The average molecular weight is 354 g/mol. The molecule has 1 aliphatic rings. The van der Waals surface area contributed by atoms with Crippen molar-refractivity contribution in [2.45, 2.75) is 18.9 Å². The fourth-order valence-corrected chi connectivity index (χ4v) is 3.44. The molecule has 5 heterocycles. The minimum Gasteiger partial charge on any atom is -0.381 e. The Morgan fingerprint density at radius 2 is 2.04 bits per heavy atom.